The third-order valence-electron chi connectivity index (χ3n) is 6.46. The van der Waals surface area contributed by atoms with Crippen LogP contribution in [-0.4, -0.2) is 25.0 Å². The molecule has 0 aliphatic heterocycles. The van der Waals surface area contributed by atoms with E-state index in [0.717, 1.165) is 27.6 Å². The highest BCUT2D eigenvalue weighted by Gasteiger charge is 2.26. The zero-order valence-electron chi connectivity index (χ0n) is 21.4. The van der Waals surface area contributed by atoms with E-state index in [2.05, 4.69) is 5.32 Å². The van der Waals surface area contributed by atoms with Crippen LogP contribution in [0.2, 0.25) is 5.02 Å². The molecule has 5 rings (SSSR count). The molecule has 198 valence electrons. The van der Waals surface area contributed by atoms with Gasteiger partial charge < -0.3 is 23.6 Å². The van der Waals surface area contributed by atoms with E-state index in [4.69, 9.17) is 29.9 Å². The van der Waals surface area contributed by atoms with Crippen molar-refractivity contribution in [2.75, 3.05) is 7.11 Å². The Balaban J connectivity index is 1.30. The Labute approximate surface area is 230 Å². The molecular formula is C31H26ClNO6. The van der Waals surface area contributed by atoms with Crippen LogP contribution in [0.25, 0.3) is 22.1 Å². The molecule has 8 heteroatoms. The summed E-state index contributed by atoms with van der Waals surface area (Å²) in [6.07, 6.45) is 3.45. The molecule has 0 bridgehead atoms. The molecule has 0 saturated carbocycles. The average molecular weight is 544 g/mol. The first-order chi connectivity index (χ1) is 18.9. The van der Waals surface area contributed by atoms with Crippen LogP contribution in [0.1, 0.15) is 27.2 Å². The third-order valence-corrected chi connectivity index (χ3v) is 6.71. The van der Waals surface area contributed by atoms with Gasteiger partial charge in [-0.25, -0.2) is 4.79 Å². The van der Waals surface area contributed by atoms with E-state index < -0.39 is 17.9 Å². The van der Waals surface area contributed by atoms with E-state index in [1.807, 2.05) is 79.7 Å². The number of esters is 1. The van der Waals surface area contributed by atoms with Gasteiger partial charge in [-0.3, -0.25) is 4.79 Å². The average Bonchev–Trinajstić information content (AvgIpc) is 3.60. The Morgan fingerprint density at radius 2 is 1.69 bits per heavy atom. The third kappa shape index (κ3) is 5.99. The number of hydrogen-bond donors (Lipinski definition) is 1. The van der Waals surface area contributed by atoms with Crippen LogP contribution in [0.3, 0.4) is 0 Å². The van der Waals surface area contributed by atoms with Crippen molar-refractivity contribution in [3.05, 3.63) is 113 Å². The number of halogens is 1. The molecule has 1 atom stereocenters. The molecule has 0 saturated heterocycles. The van der Waals surface area contributed by atoms with Crippen molar-refractivity contribution < 1.29 is 27.9 Å². The first-order valence-electron chi connectivity index (χ1n) is 12.3. The highest BCUT2D eigenvalue weighted by Crippen LogP contribution is 2.31. The van der Waals surface area contributed by atoms with Gasteiger partial charge in [-0.15, -0.1) is 0 Å². The van der Waals surface area contributed by atoms with Gasteiger partial charge in [0.15, 0.2) is 5.76 Å². The molecule has 3 aromatic carbocycles. The fourth-order valence-corrected chi connectivity index (χ4v) is 4.44. The minimum Gasteiger partial charge on any atom is -0.489 e. The van der Waals surface area contributed by atoms with Gasteiger partial charge in [0.2, 0.25) is 0 Å². The van der Waals surface area contributed by atoms with Gasteiger partial charge >= 0.3 is 5.97 Å². The molecule has 2 aromatic heterocycles. The van der Waals surface area contributed by atoms with E-state index in [1.165, 1.54) is 7.11 Å². The van der Waals surface area contributed by atoms with Crippen molar-refractivity contribution in [3.63, 3.8) is 0 Å². The van der Waals surface area contributed by atoms with E-state index in [-0.39, 0.29) is 12.2 Å². The number of rotatable bonds is 9. The van der Waals surface area contributed by atoms with E-state index in [1.54, 1.807) is 12.5 Å². The molecule has 0 aliphatic rings. The smallest absolute Gasteiger partial charge is 0.328 e. The Morgan fingerprint density at radius 1 is 0.949 bits per heavy atom. The molecule has 1 N–H and O–H groups in total. The molecule has 7 nitrogen and oxygen atoms in total. The van der Waals surface area contributed by atoms with Crippen molar-refractivity contribution in [3.8, 4) is 16.9 Å². The molecule has 0 radical (unpaired) electrons. The molecule has 1 amide bonds. The van der Waals surface area contributed by atoms with Crippen LogP contribution in [0.15, 0.2) is 94.2 Å². The van der Waals surface area contributed by atoms with Crippen molar-refractivity contribution >= 4 is 34.4 Å². The molecule has 0 aliphatic carbocycles. The second-order valence-corrected chi connectivity index (χ2v) is 9.53. The lowest BCUT2D eigenvalue weighted by Crippen LogP contribution is -2.43. The van der Waals surface area contributed by atoms with Crippen LogP contribution in [0.5, 0.6) is 5.75 Å². The highest BCUT2D eigenvalue weighted by atomic mass is 35.5. The quantitative estimate of drug-likeness (QED) is 0.207. The molecule has 39 heavy (non-hydrogen) atoms. The number of hydrogen-bond acceptors (Lipinski definition) is 6. The summed E-state index contributed by atoms with van der Waals surface area (Å²) in [5, 5.41) is 4.26. The minimum atomic E-state index is -0.905. The summed E-state index contributed by atoms with van der Waals surface area (Å²) in [5.74, 6) is -0.223. The Kier molecular flexibility index (Phi) is 7.70. The zero-order chi connectivity index (χ0) is 27.4. The van der Waals surface area contributed by atoms with E-state index in [0.29, 0.717) is 28.5 Å². The molecule has 0 spiro atoms. The SMILES string of the molecule is COC(=O)C(Cc1ccc(OCc2ccoc2)cc1)NC(=O)c1oc2ccc(-c3ccc(Cl)cc3)cc2c1C. The molecule has 1 unspecified atom stereocenters. The van der Waals surface area contributed by atoms with Gasteiger partial charge in [-0.2, -0.15) is 0 Å². The number of carbonyl (C=O) groups is 2. The lowest BCUT2D eigenvalue weighted by Gasteiger charge is -2.16. The van der Waals surface area contributed by atoms with E-state index >= 15 is 0 Å². The van der Waals surface area contributed by atoms with Crippen molar-refractivity contribution in [2.45, 2.75) is 26.0 Å². The number of carbonyl (C=O) groups excluding carboxylic acids is 2. The van der Waals surface area contributed by atoms with Gasteiger partial charge in [0.05, 0.1) is 19.6 Å². The predicted molar refractivity (Wildman–Crippen MR) is 148 cm³/mol. The number of fused-ring (bicyclic) bond motifs is 1. The predicted octanol–water partition coefficient (Wildman–Crippen LogP) is 6.75. The maximum absolute atomic E-state index is 13.2. The first kappa shape index (κ1) is 26.1. The van der Waals surface area contributed by atoms with E-state index in [9.17, 15) is 9.59 Å². The van der Waals surface area contributed by atoms with Gasteiger partial charge in [-0.1, -0.05) is 41.9 Å². The van der Waals surface area contributed by atoms with Crippen LogP contribution in [0, 0.1) is 6.92 Å². The Bertz CT molecular complexity index is 1590. The minimum absolute atomic E-state index is 0.148. The number of amides is 1. The number of nitrogens with one attached hydrogen (secondary N) is 1. The zero-order valence-corrected chi connectivity index (χ0v) is 22.2. The van der Waals surface area contributed by atoms with Crippen molar-refractivity contribution in [1.82, 2.24) is 5.32 Å². The fraction of sp³-hybridized carbons (Fsp3) is 0.161. The van der Waals surface area contributed by atoms with Gasteiger partial charge in [-0.05, 0) is 66.1 Å². The number of methoxy groups -OCH3 is 1. The summed E-state index contributed by atoms with van der Waals surface area (Å²) >= 11 is 6.02. The summed E-state index contributed by atoms with van der Waals surface area (Å²) < 4.78 is 21.7. The van der Waals surface area contributed by atoms with Crippen LogP contribution in [-0.2, 0) is 22.6 Å². The maximum atomic E-state index is 13.2. The summed E-state index contributed by atoms with van der Waals surface area (Å²) in [4.78, 5) is 25.8. The lowest BCUT2D eigenvalue weighted by atomic mass is 10.0. The van der Waals surface area contributed by atoms with Crippen LogP contribution in [0.4, 0.5) is 0 Å². The van der Waals surface area contributed by atoms with Gasteiger partial charge in [0.1, 0.15) is 24.0 Å². The lowest BCUT2D eigenvalue weighted by molar-refractivity contribution is -0.142. The van der Waals surface area contributed by atoms with Crippen LogP contribution < -0.4 is 10.1 Å². The van der Waals surface area contributed by atoms with Crippen LogP contribution >= 0.6 is 11.6 Å². The second kappa shape index (κ2) is 11.5. The number of benzene rings is 3. The Morgan fingerprint density at radius 3 is 2.38 bits per heavy atom. The second-order valence-electron chi connectivity index (χ2n) is 9.09. The number of furan rings is 2. The van der Waals surface area contributed by atoms with Gasteiger partial charge in [0, 0.05) is 28.0 Å². The summed E-state index contributed by atoms with van der Waals surface area (Å²) in [6, 6.07) is 21.5. The standard InChI is InChI=1S/C31H26ClNO6/c1-19-26-16-23(22-5-8-24(32)9-6-22)7-12-28(26)39-29(19)30(34)33-27(31(35)36-2)15-20-3-10-25(11-4-20)38-18-21-13-14-37-17-21/h3-14,16-17,27H,15,18H2,1-2H3,(H,33,34). The van der Waals surface area contributed by atoms with Crippen molar-refractivity contribution in [1.29, 1.82) is 0 Å². The largest absolute Gasteiger partial charge is 0.489 e. The summed E-state index contributed by atoms with van der Waals surface area (Å²) in [6.45, 7) is 2.20. The number of aryl methyl sites for hydroxylation is 1. The molecule has 5 aromatic rings. The summed E-state index contributed by atoms with van der Waals surface area (Å²) in [5.41, 5.74) is 4.98. The fourth-order valence-electron chi connectivity index (χ4n) is 4.32. The monoisotopic (exact) mass is 543 g/mol. The number of ether oxygens (including phenoxy) is 2. The molecule has 0 fully saturated rings. The normalized spacial score (nSPS) is 11.8. The first-order valence-corrected chi connectivity index (χ1v) is 12.7. The Hall–Kier alpha value is -4.49. The van der Waals surface area contributed by atoms with Gasteiger partial charge in [0.25, 0.3) is 5.91 Å². The molecule has 2 heterocycles. The highest BCUT2D eigenvalue weighted by molar-refractivity contribution is 6.30. The van der Waals surface area contributed by atoms with Crippen molar-refractivity contribution in [2.24, 2.45) is 0 Å². The maximum Gasteiger partial charge on any atom is 0.328 e. The topological polar surface area (TPSA) is 90.9 Å². The molecular weight excluding hydrogens is 518 g/mol. The summed E-state index contributed by atoms with van der Waals surface area (Å²) in [7, 11) is 1.29.